The SMILES string of the molecule is CC(C(=O)NCC1(C)CCNCC1)c1cccs1.Cl. The van der Waals surface area contributed by atoms with Crippen molar-refractivity contribution in [2.75, 3.05) is 19.6 Å². The van der Waals surface area contributed by atoms with Crippen LogP contribution < -0.4 is 10.6 Å². The van der Waals surface area contributed by atoms with Crippen LogP contribution in [0.15, 0.2) is 17.5 Å². The van der Waals surface area contributed by atoms with Gasteiger partial charge in [0.2, 0.25) is 5.91 Å². The number of rotatable bonds is 4. The van der Waals surface area contributed by atoms with E-state index in [0.717, 1.165) is 37.4 Å². The van der Waals surface area contributed by atoms with Crippen molar-refractivity contribution in [1.82, 2.24) is 10.6 Å². The van der Waals surface area contributed by atoms with Crippen molar-refractivity contribution in [1.29, 1.82) is 0 Å². The van der Waals surface area contributed by atoms with Crippen LogP contribution in [0.3, 0.4) is 0 Å². The largest absolute Gasteiger partial charge is 0.355 e. The molecule has 1 unspecified atom stereocenters. The minimum absolute atomic E-state index is 0. The van der Waals surface area contributed by atoms with Gasteiger partial charge in [0.05, 0.1) is 5.92 Å². The van der Waals surface area contributed by atoms with E-state index in [9.17, 15) is 4.79 Å². The second-order valence-corrected chi connectivity index (χ2v) is 6.49. The van der Waals surface area contributed by atoms with Crippen LogP contribution >= 0.6 is 23.7 Å². The number of thiophene rings is 1. The number of nitrogens with one attached hydrogen (secondary N) is 2. The molecule has 2 N–H and O–H groups in total. The molecule has 1 aromatic rings. The number of amides is 1. The lowest BCUT2D eigenvalue weighted by Gasteiger charge is -2.34. The van der Waals surface area contributed by atoms with E-state index in [1.54, 1.807) is 11.3 Å². The van der Waals surface area contributed by atoms with Gasteiger partial charge < -0.3 is 10.6 Å². The standard InChI is InChI=1S/C14H22N2OS.ClH/c1-11(12-4-3-9-18-12)13(17)16-10-14(2)5-7-15-8-6-14;/h3-4,9,11,15H,5-8,10H2,1-2H3,(H,16,17);1H. The Morgan fingerprint density at radius 3 is 2.79 bits per heavy atom. The van der Waals surface area contributed by atoms with E-state index >= 15 is 0 Å². The molecular formula is C14H23ClN2OS. The predicted molar refractivity (Wildman–Crippen MR) is 83.2 cm³/mol. The molecule has 0 aromatic carbocycles. The van der Waals surface area contributed by atoms with Crippen LogP contribution in [0.1, 0.15) is 37.5 Å². The Bertz CT molecular complexity index is 388. The molecule has 0 bridgehead atoms. The molecule has 108 valence electrons. The summed E-state index contributed by atoms with van der Waals surface area (Å²) in [4.78, 5) is 13.2. The molecule has 0 radical (unpaired) electrons. The van der Waals surface area contributed by atoms with Gasteiger partial charge in [-0.2, -0.15) is 0 Å². The van der Waals surface area contributed by atoms with Crippen LogP contribution in [0, 0.1) is 5.41 Å². The van der Waals surface area contributed by atoms with Crippen LogP contribution in [0.2, 0.25) is 0 Å². The number of carbonyl (C=O) groups is 1. The molecule has 5 heteroatoms. The normalized spacial score (nSPS) is 19.3. The van der Waals surface area contributed by atoms with Crippen molar-refractivity contribution in [3.63, 3.8) is 0 Å². The van der Waals surface area contributed by atoms with Crippen molar-refractivity contribution in [3.8, 4) is 0 Å². The first-order valence-corrected chi connectivity index (χ1v) is 7.50. The lowest BCUT2D eigenvalue weighted by Crippen LogP contribution is -2.43. The van der Waals surface area contributed by atoms with Gasteiger partial charge in [0.25, 0.3) is 0 Å². The van der Waals surface area contributed by atoms with E-state index in [4.69, 9.17) is 0 Å². The lowest BCUT2D eigenvalue weighted by atomic mass is 9.81. The second-order valence-electron chi connectivity index (χ2n) is 5.52. The van der Waals surface area contributed by atoms with E-state index in [0.29, 0.717) is 0 Å². The maximum atomic E-state index is 12.1. The van der Waals surface area contributed by atoms with Crippen molar-refractivity contribution in [2.24, 2.45) is 5.41 Å². The molecule has 0 saturated carbocycles. The van der Waals surface area contributed by atoms with Gasteiger partial charge in [0.1, 0.15) is 0 Å². The minimum atomic E-state index is -0.0321. The third-order valence-corrected chi connectivity index (χ3v) is 4.92. The second kappa shape index (κ2) is 7.27. The first-order valence-electron chi connectivity index (χ1n) is 6.63. The highest BCUT2D eigenvalue weighted by Gasteiger charge is 2.28. The molecule has 1 atom stereocenters. The number of hydrogen-bond donors (Lipinski definition) is 2. The fourth-order valence-electron chi connectivity index (χ4n) is 2.33. The lowest BCUT2D eigenvalue weighted by molar-refractivity contribution is -0.122. The summed E-state index contributed by atoms with van der Waals surface area (Å²) in [6.45, 7) is 7.17. The summed E-state index contributed by atoms with van der Waals surface area (Å²) in [5, 5.41) is 8.50. The maximum Gasteiger partial charge on any atom is 0.228 e. The molecular weight excluding hydrogens is 280 g/mol. The third kappa shape index (κ3) is 4.48. The first-order chi connectivity index (χ1) is 8.61. The molecule has 1 saturated heterocycles. The Balaban J connectivity index is 0.00000180. The van der Waals surface area contributed by atoms with Crippen LogP contribution in [-0.4, -0.2) is 25.5 Å². The zero-order chi connectivity index (χ0) is 13.0. The monoisotopic (exact) mass is 302 g/mol. The van der Waals surface area contributed by atoms with Crippen LogP contribution in [0.5, 0.6) is 0 Å². The Kier molecular flexibility index (Phi) is 6.30. The number of halogens is 1. The van der Waals surface area contributed by atoms with E-state index < -0.39 is 0 Å². The molecule has 0 aliphatic carbocycles. The molecule has 1 aliphatic rings. The van der Waals surface area contributed by atoms with Crippen LogP contribution in [-0.2, 0) is 4.79 Å². The fraction of sp³-hybridized carbons (Fsp3) is 0.643. The summed E-state index contributed by atoms with van der Waals surface area (Å²) in [5.41, 5.74) is 0.260. The number of carbonyl (C=O) groups excluding carboxylic acids is 1. The zero-order valence-corrected chi connectivity index (χ0v) is 13.2. The van der Waals surface area contributed by atoms with E-state index in [1.165, 1.54) is 0 Å². The number of hydrogen-bond acceptors (Lipinski definition) is 3. The predicted octanol–water partition coefficient (Wildman–Crippen LogP) is 2.78. The first kappa shape index (κ1) is 16.5. The van der Waals surface area contributed by atoms with Gasteiger partial charge in [-0.3, -0.25) is 4.79 Å². The van der Waals surface area contributed by atoms with Gasteiger partial charge in [0, 0.05) is 11.4 Å². The zero-order valence-electron chi connectivity index (χ0n) is 11.6. The average Bonchev–Trinajstić information content (AvgIpc) is 2.90. The highest BCUT2D eigenvalue weighted by atomic mass is 35.5. The summed E-state index contributed by atoms with van der Waals surface area (Å²) in [5.74, 6) is 0.118. The summed E-state index contributed by atoms with van der Waals surface area (Å²) in [6, 6.07) is 4.03. The van der Waals surface area contributed by atoms with Crippen molar-refractivity contribution in [3.05, 3.63) is 22.4 Å². The molecule has 2 heterocycles. The van der Waals surface area contributed by atoms with Crippen LogP contribution in [0.4, 0.5) is 0 Å². The molecule has 19 heavy (non-hydrogen) atoms. The van der Waals surface area contributed by atoms with Crippen molar-refractivity contribution >= 4 is 29.7 Å². The Labute approximate surface area is 125 Å². The van der Waals surface area contributed by atoms with Gasteiger partial charge in [0.15, 0.2) is 0 Å². The average molecular weight is 303 g/mol. The van der Waals surface area contributed by atoms with Crippen molar-refractivity contribution in [2.45, 2.75) is 32.6 Å². The molecule has 1 aliphatic heterocycles. The highest BCUT2D eigenvalue weighted by Crippen LogP contribution is 2.27. The topological polar surface area (TPSA) is 41.1 Å². The summed E-state index contributed by atoms with van der Waals surface area (Å²) < 4.78 is 0. The van der Waals surface area contributed by atoms with Gasteiger partial charge >= 0.3 is 0 Å². The molecule has 1 amide bonds. The van der Waals surface area contributed by atoms with Gasteiger partial charge in [-0.1, -0.05) is 13.0 Å². The Morgan fingerprint density at radius 1 is 1.53 bits per heavy atom. The highest BCUT2D eigenvalue weighted by molar-refractivity contribution is 7.10. The van der Waals surface area contributed by atoms with Crippen LogP contribution in [0.25, 0.3) is 0 Å². The minimum Gasteiger partial charge on any atom is -0.355 e. The Morgan fingerprint density at radius 2 is 2.21 bits per heavy atom. The Hall–Kier alpha value is -0.580. The smallest absolute Gasteiger partial charge is 0.228 e. The molecule has 2 rings (SSSR count). The summed E-state index contributed by atoms with van der Waals surface area (Å²) in [7, 11) is 0. The fourth-order valence-corrected chi connectivity index (χ4v) is 3.11. The van der Waals surface area contributed by atoms with Gasteiger partial charge in [-0.05, 0) is 49.7 Å². The maximum absolute atomic E-state index is 12.1. The van der Waals surface area contributed by atoms with Crippen molar-refractivity contribution < 1.29 is 4.79 Å². The number of piperidine rings is 1. The molecule has 3 nitrogen and oxygen atoms in total. The molecule has 1 aromatic heterocycles. The molecule has 1 fully saturated rings. The van der Waals surface area contributed by atoms with Gasteiger partial charge in [-0.25, -0.2) is 0 Å². The van der Waals surface area contributed by atoms with E-state index in [2.05, 4.69) is 17.6 Å². The van der Waals surface area contributed by atoms with E-state index in [1.807, 2.05) is 24.4 Å². The summed E-state index contributed by atoms with van der Waals surface area (Å²) in [6.07, 6.45) is 2.28. The quantitative estimate of drug-likeness (QED) is 0.898. The van der Waals surface area contributed by atoms with Gasteiger partial charge in [-0.15, -0.1) is 23.7 Å². The van der Waals surface area contributed by atoms with E-state index in [-0.39, 0.29) is 29.6 Å². The third-order valence-electron chi connectivity index (χ3n) is 3.86. The summed E-state index contributed by atoms with van der Waals surface area (Å²) >= 11 is 1.65. The molecule has 0 spiro atoms.